The molecule has 0 saturated carbocycles. The van der Waals surface area contributed by atoms with Crippen molar-refractivity contribution >= 4 is 17.6 Å². The molecule has 2 heterocycles. The van der Waals surface area contributed by atoms with E-state index in [1.54, 1.807) is 0 Å². The van der Waals surface area contributed by atoms with Gasteiger partial charge in [-0.2, -0.15) is 18.2 Å². The number of nitrogens with zero attached hydrogens (tertiary/aromatic N) is 3. The van der Waals surface area contributed by atoms with Crippen LogP contribution in [0.1, 0.15) is 5.69 Å². The average Bonchev–Trinajstić information content (AvgIpc) is 2.76. The van der Waals surface area contributed by atoms with Crippen molar-refractivity contribution in [2.24, 2.45) is 0 Å². The molecule has 0 atom stereocenters. The van der Waals surface area contributed by atoms with Gasteiger partial charge in [0.1, 0.15) is 6.26 Å². The van der Waals surface area contributed by atoms with E-state index in [2.05, 4.69) is 4.98 Å². The number of anilines is 1. The van der Waals surface area contributed by atoms with E-state index in [1.165, 1.54) is 11.2 Å². The van der Waals surface area contributed by atoms with Crippen LogP contribution in [0.5, 0.6) is 0 Å². The average molecular weight is 284 g/mol. The second-order valence-electron chi connectivity index (χ2n) is 4.13. The minimum atomic E-state index is -4.14. The Balaban J connectivity index is 1.86. The fourth-order valence-corrected chi connectivity index (χ4v) is 1.98. The maximum absolute atomic E-state index is 12.2. The highest BCUT2D eigenvalue weighted by Gasteiger charge is 2.32. The van der Waals surface area contributed by atoms with E-state index >= 15 is 0 Å². The normalized spacial score (nSPS) is 18.3. The largest absolute Gasteiger partial charge is 0.432 e. The Labute approximate surface area is 107 Å². The third-order valence-corrected chi connectivity index (χ3v) is 3.00. The summed E-state index contributed by atoms with van der Waals surface area (Å²) in [5, 5.41) is 0. The molecule has 8 heteroatoms. The molecule has 0 spiro atoms. The minimum absolute atomic E-state index is 0.261. The number of hydrogen-bond donors (Lipinski definition) is 0. The molecule has 0 unspecified atom stereocenters. The number of oxazole rings is 1. The second kappa shape index (κ2) is 5.36. The SMILES string of the molecule is FC(F)(F)CN1CCN(c2nc(CCl)co2)CC1. The molecular weight excluding hydrogens is 271 g/mol. The Morgan fingerprint density at radius 3 is 2.44 bits per heavy atom. The molecule has 18 heavy (non-hydrogen) atoms. The summed E-state index contributed by atoms with van der Waals surface area (Å²) in [5.41, 5.74) is 0.629. The monoisotopic (exact) mass is 283 g/mol. The molecule has 0 amide bonds. The summed E-state index contributed by atoms with van der Waals surface area (Å²) in [6.07, 6.45) is -2.68. The van der Waals surface area contributed by atoms with Crippen LogP contribution >= 0.6 is 11.6 Å². The smallest absolute Gasteiger partial charge is 0.401 e. The van der Waals surface area contributed by atoms with E-state index in [-0.39, 0.29) is 5.88 Å². The zero-order valence-corrected chi connectivity index (χ0v) is 10.3. The number of aromatic nitrogens is 1. The maximum Gasteiger partial charge on any atom is 0.401 e. The van der Waals surface area contributed by atoms with Gasteiger partial charge >= 0.3 is 6.18 Å². The van der Waals surface area contributed by atoms with E-state index in [1.807, 2.05) is 4.90 Å². The molecule has 4 nitrogen and oxygen atoms in total. The highest BCUT2D eigenvalue weighted by molar-refractivity contribution is 6.16. The van der Waals surface area contributed by atoms with Gasteiger partial charge in [0, 0.05) is 26.2 Å². The fraction of sp³-hybridized carbons (Fsp3) is 0.700. The third-order valence-electron chi connectivity index (χ3n) is 2.72. The summed E-state index contributed by atoms with van der Waals surface area (Å²) in [6.45, 7) is 0.770. The van der Waals surface area contributed by atoms with Crippen LogP contribution in [0.25, 0.3) is 0 Å². The van der Waals surface area contributed by atoms with Crippen LogP contribution in [-0.2, 0) is 5.88 Å². The van der Waals surface area contributed by atoms with Crippen molar-refractivity contribution in [3.05, 3.63) is 12.0 Å². The van der Waals surface area contributed by atoms with Crippen molar-refractivity contribution in [2.75, 3.05) is 37.6 Å². The summed E-state index contributed by atoms with van der Waals surface area (Å²) in [7, 11) is 0. The predicted molar refractivity (Wildman–Crippen MR) is 60.8 cm³/mol. The fourth-order valence-electron chi connectivity index (χ4n) is 1.85. The molecule has 0 aromatic carbocycles. The van der Waals surface area contributed by atoms with E-state index in [0.717, 1.165) is 0 Å². The Bertz CT molecular complexity index is 388. The first-order valence-corrected chi connectivity index (χ1v) is 6.06. The van der Waals surface area contributed by atoms with Gasteiger partial charge in [-0.25, -0.2) is 0 Å². The second-order valence-corrected chi connectivity index (χ2v) is 4.40. The van der Waals surface area contributed by atoms with E-state index < -0.39 is 12.7 Å². The Morgan fingerprint density at radius 2 is 1.94 bits per heavy atom. The molecule has 1 aliphatic rings. The highest BCUT2D eigenvalue weighted by atomic mass is 35.5. The zero-order chi connectivity index (χ0) is 13.2. The van der Waals surface area contributed by atoms with Gasteiger partial charge in [0.05, 0.1) is 18.1 Å². The number of hydrogen-bond acceptors (Lipinski definition) is 4. The van der Waals surface area contributed by atoms with E-state index in [0.29, 0.717) is 37.9 Å². The standard InChI is InChI=1S/C10H13ClF3N3O/c11-5-8-6-18-9(15-8)17-3-1-16(2-4-17)7-10(12,13)14/h6H,1-5,7H2. The third kappa shape index (κ3) is 3.52. The van der Waals surface area contributed by atoms with Gasteiger partial charge in [-0.05, 0) is 0 Å². The van der Waals surface area contributed by atoms with E-state index in [4.69, 9.17) is 16.0 Å². The molecule has 1 saturated heterocycles. The minimum Gasteiger partial charge on any atom is -0.432 e. The maximum atomic E-state index is 12.2. The molecule has 0 bridgehead atoms. The molecular formula is C10H13ClF3N3O. The van der Waals surface area contributed by atoms with Gasteiger partial charge in [-0.1, -0.05) is 0 Å². The lowest BCUT2D eigenvalue weighted by Gasteiger charge is -2.34. The summed E-state index contributed by atoms with van der Waals surface area (Å²) in [4.78, 5) is 7.34. The predicted octanol–water partition coefficient (Wildman–Crippen LogP) is 2.10. The Hall–Kier alpha value is -0.950. The van der Waals surface area contributed by atoms with Gasteiger partial charge in [-0.15, -0.1) is 11.6 Å². The van der Waals surface area contributed by atoms with Crippen molar-refractivity contribution in [1.82, 2.24) is 9.88 Å². The van der Waals surface area contributed by atoms with Crippen LogP contribution in [-0.4, -0.2) is 48.8 Å². The van der Waals surface area contributed by atoms with Gasteiger partial charge in [0.15, 0.2) is 0 Å². The molecule has 1 fully saturated rings. The number of rotatable bonds is 3. The van der Waals surface area contributed by atoms with Crippen molar-refractivity contribution in [1.29, 1.82) is 0 Å². The summed E-state index contributed by atoms with van der Waals surface area (Å²) in [5.74, 6) is 0.261. The lowest BCUT2D eigenvalue weighted by atomic mass is 10.3. The summed E-state index contributed by atoms with van der Waals surface area (Å²) >= 11 is 5.60. The van der Waals surface area contributed by atoms with Gasteiger partial charge in [0.25, 0.3) is 6.01 Å². The van der Waals surface area contributed by atoms with Gasteiger partial charge < -0.3 is 9.32 Å². The van der Waals surface area contributed by atoms with Crippen LogP contribution in [0.3, 0.4) is 0 Å². The van der Waals surface area contributed by atoms with Crippen LogP contribution in [0, 0.1) is 0 Å². The first-order chi connectivity index (χ1) is 8.48. The summed E-state index contributed by atoms with van der Waals surface area (Å²) in [6, 6.07) is 0.428. The number of halogens is 4. The molecule has 1 aliphatic heterocycles. The summed E-state index contributed by atoms with van der Waals surface area (Å²) < 4.78 is 41.8. The van der Waals surface area contributed by atoms with Gasteiger partial charge in [0.2, 0.25) is 0 Å². The number of piperazine rings is 1. The molecule has 102 valence electrons. The topological polar surface area (TPSA) is 32.5 Å². The van der Waals surface area contributed by atoms with Gasteiger partial charge in [-0.3, -0.25) is 4.90 Å². The molecule has 1 aromatic rings. The molecule has 0 aliphatic carbocycles. The van der Waals surface area contributed by atoms with Crippen LogP contribution in [0.15, 0.2) is 10.7 Å². The number of alkyl halides is 4. The lowest BCUT2D eigenvalue weighted by Crippen LogP contribution is -2.49. The quantitative estimate of drug-likeness (QED) is 0.795. The lowest BCUT2D eigenvalue weighted by molar-refractivity contribution is -0.146. The molecule has 0 radical (unpaired) electrons. The first-order valence-electron chi connectivity index (χ1n) is 5.52. The van der Waals surface area contributed by atoms with Crippen LogP contribution in [0.4, 0.5) is 19.2 Å². The van der Waals surface area contributed by atoms with E-state index in [9.17, 15) is 13.2 Å². The highest BCUT2D eigenvalue weighted by Crippen LogP contribution is 2.20. The zero-order valence-electron chi connectivity index (χ0n) is 9.58. The Morgan fingerprint density at radius 1 is 1.28 bits per heavy atom. The Kier molecular flexibility index (Phi) is 4.01. The molecule has 2 rings (SSSR count). The molecule has 0 N–H and O–H groups in total. The van der Waals surface area contributed by atoms with Crippen molar-refractivity contribution in [2.45, 2.75) is 12.1 Å². The van der Waals surface area contributed by atoms with Crippen molar-refractivity contribution in [3.8, 4) is 0 Å². The molecule has 1 aromatic heterocycles. The first kappa shape index (κ1) is 13.5. The van der Waals surface area contributed by atoms with Crippen LogP contribution in [0.2, 0.25) is 0 Å². The van der Waals surface area contributed by atoms with Crippen molar-refractivity contribution in [3.63, 3.8) is 0 Å². The van der Waals surface area contributed by atoms with Crippen molar-refractivity contribution < 1.29 is 17.6 Å². The van der Waals surface area contributed by atoms with Crippen LogP contribution < -0.4 is 4.90 Å².